The number of ether oxygens (including phenoxy) is 2. The topological polar surface area (TPSA) is 106 Å². The van der Waals surface area contributed by atoms with E-state index < -0.39 is 0 Å². The van der Waals surface area contributed by atoms with Crippen LogP contribution in [0.2, 0.25) is 0 Å². The highest BCUT2D eigenvalue weighted by molar-refractivity contribution is 5.92. The Balaban J connectivity index is 1.43. The lowest BCUT2D eigenvalue weighted by molar-refractivity contribution is 0.0764. The molecular weight excluding hydrogens is 324 g/mol. The van der Waals surface area contributed by atoms with E-state index in [0.717, 1.165) is 13.0 Å². The maximum atomic E-state index is 12.6. The highest BCUT2D eigenvalue weighted by Gasteiger charge is 2.31. The van der Waals surface area contributed by atoms with Gasteiger partial charge in [-0.25, -0.2) is 14.6 Å². The molecule has 0 spiro atoms. The SMILES string of the molecule is N#Cc1nccnc1O[C@@H]1CCN(C(=O)c2cc3n(n2)CCCO3)C1. The summed E-state index contributed by atoms with van der Waals surface area (Å²) in [6.07, 6.45) is 4.25. The van der Waals surface area contributed by atoms with Crippen molar-refractivity contribution >= 4 is 5.91 Å². The summed E-state index contributed by atoms with van der Waals surface area (Å²) in [5.74, 6) is 0.700. The molecule has 2 aliphatic heterocycles. The van der Waals surface area contributed by atoms with Gasteiger partial charge < -0.3 is 14.4 Å². The molecule has 4 heterocycles. The third-order valence-corrected chi connectivity index (χ3v) is 4.21. The van der Waals surface area contributed by atoms with Gasteiger partial charge in [0, 0.05) is 44.4 Å². The van der Waals surface area contributed by atoms with E-state index in [2.05, 4.69) is 15.1 Å². The zero-order valence-electron chi connectivity index (χ0n) is 13.5. The van der Waals surface area contributed by atoms with E-state index in [1.165, 1.54) is 12.4 Å². The predicted octanol–water partition coefficient (Wildman–Crippen LogP) is 0.621. The van der Waals surface area contributed by atoms with Crippen LogP contribution in [-0.4, -0.2) is 56.4 Å². The van der Waals surface area contributed by atoms with Gasteiger partial charge in [-0.2, -0.15) is 10.4 Å². The summed E-state index contributed by atoms with van der Waals surface area (Å²) < 4.78 is 13.0. The molecule has 1 fully saturated rings. The van der Waals surface area contributed by atoms with Crippen molar-refractivity contribution in [3.05, 3.63) is 29.8 Å². The molecule has 4 rings (SSSR count). The van der Waals surface area contributed by atoms with Crippen molar-refractivity contribution in [1.82, 2.24) is 24.6 Å². The second-order valence-corrected chi connectivity index (χ2v) is 5.89. The van der Waals surface area contributed by atoms with Crippen molar-refractivity contribution in [2.75, 3.05) is 19.7 Å². The third-order valence-electron chi connectivity index (χ3n) is 4.21. The van der Waals surface area contributed by atoms with E-state index in [4.69, 9.17) is 14.7 Å². The number of hydrogen-bond donors (Lipinski definition) is 0. The van der Waals surface area contributed by atoms with Gasteiger partial charge in [-0.05, 0) is 0 Å². The summed E-state index contributed by atoms with van der Waals surface area (Å²) in [7, 11) is 0. The van der Waals surface area contributed by atoms with Crippen LogP contribution < -0.4 is 9.47 Å². The Morgan fingerprint density at radius 1 is 1.36 bits per heavy atom. The van der Waals surface area contributed by atoms with E-state index in [-0.39, 0.29) is 23.6 Å². The fourth-order valence-corrected chi connectivity index (χ4v) is 2.99. The molecule has 0 bridgehead atoms. The Kier molecular flexibility index (Phi) is 3.93. The second-order valence-electron chi connectivity index (χ2n) is 5.89. The van der Waals surface area contributed by atoms with Gasteiger partial charge in [-0.15, -0.1) is 0 Å². The van der Waals surface area contributed by atoms with Gasteiger partial charge in [0.2, 0.25) is 11.6 Å². The Bertz CT molecular complexity index is 819. The number of aromatic nitrogens is 4. The number of fused-ring (bicyclic) bond motifs is 1. The van der Waals surface area contributed by atoms with Crippen LogP contribution in [0.25, 0.3) is 0 Å². The summed E-state index contributed by atoms with van der Waals surface area (Å²) in [5.41, 5.74) is 0.529. The van der Waals surface area contributed by atoms with Crippen LogP contribution in [0.3, 0.4) is 0 Å². The average Bonchev–Trinajstić information content (AvgIpc) is 3.28. The maximum absolute atomic E-state index is 12.6. The number of nitrogens with zero attached hydrogens (tertiary/aromatic N) is 6. The first kappa shape index (κ1) is 15.4. The van der Waals surface area contributed by atoms with Crippen LogP contribution in [-0.2, 0) is 6.54 Å². The second kappa shape index (κ2) is 6.39. The number of likely N-dealkylation sites (tertiary alicyclic amines) is 1. The summed E-state index contributed by atoms with van der Waals surface area (Å²) in [6.45, 7) is 2.40. The number of hydrogen-bond acceptors (Lipinski definition) is 7. The van der Waals surface area contributed by atoms with Crippen molar-refractivity contribution in [3.63, 3.8) is 0 Å². The van der Waals surface area contributed by atoms with Crippen molar-refractivity contribution in [3.8, 4) is 17.8 Å². The van der Waals surface area contributed by atoms with Crippen LogP contribution in [0, 0.1) is 11.3 Å². The van der Waals surface area contributed by atoms with Crippen LogP contribution in [0.15, 0.2) is 18.5 Å². The largest absolute Gasteiger partial charge is 0.478 e. The molecule has 0 unspecified atom stereocenters. The van der Waals surface area contributed by atoms with Crippen LogP contribution in [0.5, 0.6) is 11.8 Å². The number of carbonyl (C=O) groups excluding carboxylic acids is 1. The van der Waals surface area contributed by atoms with Crippen molar-refractivity contribution in [1.29, 1.82) is 5.26 Å². The van der Waals surface area contributed by atoms with Crippen molar-refractivity contribution in [2.45, 2.75) is 25.5 Å². The number of rotatable bonds is 3. The molecule has 1 saturated heterocycles. The summed E-state index contributed by atoms with van der Waals surface area (Å²) in [5, 5.41) is 13.4. The molecule has 2 aliphatic rings. The van der Waals surface area contributed by atoms with E-state index in [9.17, 15) is 4.79 Å². The number of carbonyl (C=O) groups is 1. The molecule has 9 heteroatoms. The number of amides is 1. The molecule has 0 N–H and O–H groups in total. The molecule has 128 valence electrons. The third kappa shape index (κ3) is 2.98. The minimum Gasteiger partial charge on any atom is -0.478 e. The maximum Gasteiger partial charge on any atom is 0.274 e. The first-order valence-electron chi connectivity index (χ1n) is 8.12. The predicted molar refractivity (Wildman–Crippen MR) is 84.0 cm³/mol. The standard InChI is InChI=1S/C16H16N6O3/c17-9-13-15(19-4-3-18-13)25-11-2-6-21(10-11)16(23)12-8-14-22(20-12)5-1-7-24-14/h3-4,8,11H,1-2,5-7,10H2/t11-/m1/s1. The molecule has 0 aromatic carbocycles. The minimum absolute atomic E-state index is 0.142. The van der Waals surface area contributed by atoms with Gasteiger partial charge in [-0.1, -0.05) is 0 Å². The van der Waals surface area contributed by atoms with Crippen molar-refractivity contribution < 1.29 is 14.3 Å². The monoisotopic (exact) mass is 340 g/mol. The lowest BCUT2D eigenvalue weighted by Gasteiger charge is -2.16. The van der Waals surface area contributed by atoms with Gasteiger partial charge >= 0.3 is 0 Å². The molecular formula is C16H16N6O3. The Morgan fingerprint density at radius 3 is 3.08 bits per heavy atom. The first-order valence-corrected chi connectivity index (χ1v) is 8.12. The first-order chi connectivity index (χ1) is 12.2. The number of aryl methyl sites for hydroxylation is 1. The van der Waals surface area contributed by atoms with Crippen LogP contribution in [0.4, 0.5) is 0 Å². The molecule has 1 amide bonds. The van der Waals surface area contributed by atoms with Gasteiger partial charge in [0.25, 0.3) is 11.8 Å². The molecule has 25 heavy (non-hydrogen) atoms. The summed E-state index contributed by atoms with van der Waals surface area (Å²) in [6, 6.07) is 3.64. The van der Waals surface area contributed by atoms with E-state index >= 15 is 0 Å². The molecule has 0 saturated carbocycles. The molecule has 0 radical (unpaired) electrons. The minimum atomic E-state index is -0.221. The molecule has 9 nitrogen and oxygen atoms in total. The van der Waals surface area contributed by atoms with Crippen LogP contribution >= 0.6 is 0 Å². The fourth-order valence-electron chi connectivity index (χ4n) is 2.99. The van der Waals surface area contributed by atoms with E-state index in [1.54, 1.807) is 15.6 Å². The van der Waals surface area contributed by atoms with Gasteiger partial charge in [0.1, 0.15) is 12.2 Å². The van der Waals surface area contributed by atoms with Gasteiger partial charge in [0.15, 0.2) is 5.69 Å². The van der Waals surface area contributed by atoms with E-state index in [0.29, 0.717) is 37.7 Å². The Morgan fingerprint density at radius 2 is 2.24 bits per heavy atom. The lowest BCUT2D eigenvalue weighted by atomic mass is 10.3. The summed E-state index contributed by atoms with van der Waals surface area (Å²) in [4.78, 5) is 22.3. The highest BCUT2D eigenvalue weighted by atomic mass is 16.5. The fraction of sp³-hybridized carbons (Fsp3) is 0.438. The number of nitriles is 1. The molecule has 0 aliphatic carbocycles. The molecule has 2 aromatic heterocycles. The normalized spacial score (nSPS) is 19.0. The lowest BCUT2D eigenvalue weighted by Crippen LogP contribution is -2.31. The molecule has 1 atom stereocenters. The zero-order valence-corrected chi connectivity index (χ0v) is 13.5. The van der Waals surface area contributed by atoms with Crippen molar-refractivity contribution in [2.24, 2.45) is 0 Å². The Hall–Kier alpha value is -3.15. The molecule has 2 aromatic rings. The van der Waals surface area contributed by atoms with Crippen LogP contribution in [0.1, 0.15) is 29.0 Å². The highest BCUT2D eigenvalue weighted by Crippen LogP contribution is 2.22. The zero-order chi connectivity index (χ0) is 17.2. The van der Waals surface area contributed by atoms with Gasteiger partial charge in [0.05, 0.1) is 13.2 Å². The average molecular weight is 340 g/mol. The smallest absolute Gasteiger partial charge is 0.274 e. The Labute approximate surface area is 143 Å². The van der Waals surface area contributed by atoms with Gasteiger partial charge in [-0.3, -0.25) is 4.79 Å². The van der Waals surface area contributed by atoms with E-state index in [1.807, 2.05) is 6.07 Å². The quantitative estimate of drug-likeness (QED) is 0.806. The summed E-state index contributed by atoms with van der Waals surface area (Å²) >= 11 is 0.